The number of thiophene rings is 1. The van der Waals surface area contributed by atoms with Crippen LogP contribution in [-0.4, -0.2) is 0 Å². The second-order valence-electron chi connectivity index (χ2n) is 18.6. The third kappa shape index (κ3) is 6.39. The minimum atomic E-state index is -0.422. The Morgan fingerprint density at radius 2 is 1.11 bits per heavy atom. The molecule has 2 aliphatic carbocycles. The van der Waals surface area contributed by atoms with E-state index < -0.39 is 5.41 Å². The molecule has 1 nitrogen and oxygen atoms in total. The maximum atomic E-state index is 2.49. The Balaban J connectivity index is 0.894. The van der Waals surface area contributed by atoms with Crippen LogP contribution in [0.5, 0.6) is 0 Å². The highest BCUT2D eigenvalue weighted by atomic mass is 32.2. The maximum absolute atomic E-state index is 2.49. The number of rotatable bonds is 7. The minimum Gasteiger partial charge on any atom is -0.310 e. The number of hydrogen-bond acceptors (Lipinski definition) is 3. The van der Waals surface area contributed by atoms with Crippen LogP contribution in [0.3, 0.4) is 0 Å². The molecule has 330 valence electrons. The summed E-state index contributed by atoms with van der Waals surface area (Å²) in [6.07, 6.45) is 8.26. The molecular weight excluding hydrogens is 883 g/mol. The monoisotopic (exact) mass is 927 g/mol. The lowest BCUT2D eigenvalue weighted by atomic mass is 9.67. The zero-order valence-electron chi connectivity index (χ0n) is 38.3. The van der Waals surface area contributed by atoms with Crippen LogP contribution in [0.15, 0.2) is 252 Å². The van der Waals surface area contributed by atoms with Gasteiger partial charge in [-0.25, -0.2) is 0 Å². The summed E-state index contributed by atoms with van der Waals surface area (Å²) in [6, 6.07) is 87.7. The summed E-state index contributed by atoms with van der Waals surface area (Å²) in [4.78, 5) is 6.40. The molecule has 0 N–H and O–H groups in total. The van der Waals surface area contributed by atoms with Crippen LogP contribution in [0.1, 0.15) is 60.9 Å². The molecule has 3 aliphatic rings. The Morgan fingerprint density at radius 1 is 0.500 bits per heavy atom. The second-order valence-corrected chi connectivity index (χ2v) is 20.8. The first kappa shape index (κ1) is 41.1. The van der Waals surface area contributed by atoms with Gasteiger partial charge < -0.3 is 4.90 Å². The van der Waals surface area contributed by atoms with E-state index in [2.05, 4.69) is 260 Å². The molecule has 1 aliphatic heterocycles. The fourth-order valence-corrected chi connectivity index (χ4v) is 14.3. The first-order chi connectivity index (χ1) is 34.7. The molecule has 0 radical (unpaired) electrons. The topological polar surface area (TPSA) is 3.24 Å². The summed E-state index contributed by atoms with van der Waals surface area (Å²) in [5, 5.41) is 3.89. The molecule has 0 saturated carbocycles. The van der Waals surface area contributed by atoms with Gasteiger partial charge >= 0.3 is 0 Å². The van der Waals surface area contributed by atoms with Gasteiger partial charge in [0.25, 0.3) is 0 Å². The van der Waals surface area contributed by atoms with Crippen molar-refractivity contribution in [1.29, 1.82) is 0 Å². The molecular formula is C67H45NS2. The van der Waals surface area contributed by atoms with Crippen molar-refractivity contribution < 1.29 is 0 Å². The smallest absolute Gasteiger partial charge is 0.0735 e. The molecule has 70 heavy (non-hydrogen) atoms. The molecule has 1 spiro atoms. The van der Waals surface area contributed by atoms with Crippen LogP contribution >= 0.6 is 23.1 Å². The van der Waals surface area contributed by atoms with Crippen molar-refractivity contribution in [2.45, 2.75) is 27.5 Å². The summed E-state index contributed by atoms with van der Waals surface area (Å²) in [7, 11) is 0. The first-order valence-corrected chi connectivity index (χ1v) is 25.9. The molecule has 0 fully saturated rings. The SMILES string of the molecule is C1=CC(c2ccc(N(c3ccccc3)c3ccccc3)c3ccccc23)Cc2c1sc1ccc(/C(=C/c3cccc4c3-c3ccccc3C43c4ccccc4Sc4ccccc43)c3ccccc3)cc21. The summed E-state index contributed by atoms with van der Waals surface area (Å²) in [5.74, 6) is 0.228. The lowest BCUT2D eigenvalue weighted by Crippen LogP contribution is -2.31. The van der Waals surface area contributed by atoms with Crippen molar-refractivity contribution in [3.63, 3.8) is 0 Å². The average Bonchev–Trinajstić information content (AvgIpc) is 3.94. The van der Waals surface area contributed by atoms with E-state index in [1.165, 1.54) is 108 Å². The first-order valence-electron chi connectivity index (χ1n) is 24.3. The molecule has 1 aromatic heterocycles. The quantitative estimate of drug-likeness (QED) is 0.147. The Bertz CT molecular complexity index is 3820. The third-order valence-corrected chi connectivity index (χ3v) is 17.3. The summed E-state index contributed by atoms with van der Waals surface area (Å²) < 4.78 is 1.33. The molecule has 2 heterocycles. The molecule has 11 aromatic rings. The number of hydrogen-bond donors (Lipinski definition) is 0. The van der Waals surface area contributed by atoms with Crippen molar-refractivity contribution in [2.24, 2.45) is 0 Å². The Labute approximate surface area is 417 Å². The van der Waals surface area contributed by atoms with Crippen LogP contribution < -0.4 is 4.90 Å². The summed E-state index contributed by atoms with van der Waals surface area (Å²) >= 11 is 3.81. The Hall–Kier alpha value is -7.95. The molecule has 0 bridgehead atoms. The zero-order valence-corrected chi connectivity index (χ0v) is 39.9. The van der Waals surface area contributed by atoms with Crippen LogP contribution in [-0.2, 0) is 11.8 Å². The molecule has 14 rings (SSSR count). The van der Waals surface area contributed by atoms with Crippen molar-refractivity contribution in [3.05, 3.63) is 298 Å². The van der Waals surface area contributed by atoms with E-state index in [9.17, 15) is 0 Å². The predicted molar refractivity (Wildman–Crippen MR) is 297 cm³/mol. The fraction of sp³-hybridized carbons (Fsp3) is 0.0448. The Kier molecular flexibility index (Phi) is 9.76. The molecule has 0 saturated heterocycles. The van der Waals surface area contributed by atoms with Gasteiger partial charge in [-0.1, -0.05) is 200 Å². The van der Waals surface area contributed by atoms with Gasteiger partial charge in [-0.15, -0.1) is 11.3 Å². The van der Waals surface area contributed by atoms with E-state index in [4.69, 9.17) is 0 Å². The average molecular weight is 928 g/mol. The lowest BCUT2D eigenvalue weighted by molar-refractivity contribution is 0.722. The summed E-state index contributed by atoms with van der Waals surface area (Å²) in [5.41, 5.74) is 18.8. The van der Waals surface area contributed by atoms with Crippen LogP contribution in [0.25, 0.3) is 49.7 Å². The van der Waals surface area contributed by atoms with Gasteiger partial charge in [0.2, 0.25) is 0 Å². The van der Waals surface area contributed by atoms with Gasteiger partial charge in [0.05, 0.1) is 11.1 Å². The Morgan fingerprint density at radius 3 is 1.84 bits per heavy atom. The van der Waals surface area contributed by atoms with Gasteiger partial charge in [-0.05, 0) is 151 Å². The second kappa shape index (κ2) is 16.6. The lowest BCUT2D eigenvalue weighted by Gasteiger charge is -2.39. The van der Waals surface area contributed by atoms with Gasteiger partial charge in [0.1, 0.15) is 0 Å². The van der Waals surface area contributed by atoms with Crippen molar-refractivity contribution >= 4 is 78.7 Å². The van der Waals surface area contributed by atoms with Gasteiger partial charge in [-0.3, -0.25) is 0 Å². The number of benzene rings is 10. The normalized spacial score (nSPS) is 15.0. The van der Waals surface area contributed by atoms with Crippen LogP contribution in [0, 0.1) is 0 Å². The van der Waals surface area contributed by atoms with Crippen molar-refractivity contribution in [1.82, 2.24) is 0 Å². The molecule has 10 aromatic carbocycles. The van der Waals surface area contributed by atoms with Crippen molar-refractivity contribution in [3.8, 4) is 11.1 Å². The molecule has 1 unspecified atom stereocenters. The summed E-state index contributed by atoms with van der Waals surface area (Å²) in [6.45, 7) is 0. The van der Waals surface area contributed by atoms with Gasteiger partial charge in [0, 0.05) is 42.0 Å². The molecule has 0 amide bonds. The van der Waals surface area contributed by atoms with E-state index in [0.29, 0.717) is 0 Å². The van der Waals surface area contributed by atoms with Gasteiger partial charge in [-0.2, -0.15) is 0 Å². The standard InChI is InChI=1S/C67H45NS2/c1-4-19-44(20-5-1)54(43-47-21-18-32-60-66(47)53-28-12-13-29-57(53)67(60)58-30-14-16-33-64(58)70-65-34-17-15-31-59(65)67)46-36-40-63-56(42-46)55-41-45(35-39-62(55)69-63)50-37-38-61(52-27-11-10-26-51(50)52)68(48-22-6-2-7-23-48)49-24-8-3-9-25-49/h1-40,42-43,45H,41H2/b54-43+. The van der Waals surface area contributed by atoms with E-state index in [-0.39, 0.29) is 5.92 Å². The number of allylic oxidation sites excluding steroid dienone is 1. The molecule has 1 atom stereocenters. The van der Waals surface area contributed by atoms with E-state index >= 15 is 0 Å². The van der Waals surface area contributed by atoms with E-state index in [1.54, 1.807) is 0 Å². The van der Waals surface area contributed by atoms with E-state index in [1.807, 2.05) is 23.1 Å². The highest BCUT2D eigenvalue weighted by Crippen LogP contribution is 2.63. The van der Waals surface area contributed by atoms with Gasteiger partial charge in [0.15, 0.2) is 0 Å². The minimum absolute atomic E-state index is 0.228. The highest BCUT2D eigenvalue weighted by molar-refractivity contribution is 7.99. The largest absolute Gasteiger partial charge is 0.310 e. The van der Waals surface area contributed by atoms with E-state index in [0.717, 1.165) is 17.8 Å². The number of nitrogens with zero attached hydrogens (tertiary/aromatic N) is 1. The number of anilines is 3. The maximum Gasteiger partial charge on any atom is 0.0735 e. The predicted octanol–water partition coefficient (Wildman–Crippen LogP) is 18.3. The number of fused-ring (bicyclic) bond motifs is 13. The van der Waals surface area contributed by atoms with Crippen molar-refractivity contribution in [2.75, 3.05) is 4.90 Å². The number of para-hydroxylation sites is 2. The van der Waals surface area contributed by atoms with Crippen LogP contribution in [0.4, 0.5) is 17.1 Å². The van der Waals surface area contributed by atoms with Crippen LogP contribution in [0.2, 0.25) is 0 Å². The third-order valence-electron chi connectivity index (χ3n) is 14.9. The highest BCUT2D eigenvalue weighted by Gasteiger charge is 2.50. The fourth-order valence-electron chi connectivity index (χ4n) is 11.9. The zero-order chi connectivity index (χ0) is 46.2. The molecule has 3 heteroatoms.